The molecule has 3 rings (SSSR count). The van der Waals surface area contributed by atoms with Gasteiger partial charge in [0.2, 0.25) is 0 Å². The molecule has 0 N–H and O–H groups in total. The van der Waals surface area contributed by atoms with Gasteiger partial charge in [-0.2, -0.15) is 0 Å². The minimum absolute atomic E-state index is 0.147. The summed E-state index contributed by atoms with van der Waals surface area (Å²) in [6.45, 7) is 4.01. The summed E-state index contributed by atoms with van der Waals surface area (Å²) >= 11 is 1.65. The van der Waals surface area contributed by atoms with Crippen LogP contribution in [0.25, 0.3) is 0 Å². The number of carbonyl (C=O) groups is 1. The Balaban J connectivity index is 2.21. The van der Waals surface area contributed by atoms with Gasteiger partial charge < -0.3 is 0 Å². The van der Waals surface area contributed by atoms with Crippen molar-refractivity contribution in [2.24, 2.45) is 0 Å². The Bertz CT molecular complexity index is 738. The van der Waals surface area contributed by atoms with Crippen molar-refractivity contribution in [2.45, 2.75) is 13.5 Å². The third kappa shape index (κ3) is 2.58. The Kier molecular flexibility index (Phi) is 4.09. The van der Waals surface area contributed by atoms with E-state index in [4.69, 9.17) is 0 Å². The molecule has 0 saturated heterocycles. The smallest absolute Gasteiger partial charge is 0.169 e. The monoisotopic (exact) mass is 322 g/mol. The van der Waals surface area contributed by atoms with Crippen molar-refractivity contribution in [1.82, 2.24) is 0 Å². The van der Waals surface area contributed by atoms with E-state index < -0.39 is 8.07 Å². The van der Waals surface area contributed by atoms with Crippen LogP contribution in [0, 0.1) is 0 Å². The van der Waals surface area contributed by atoms with E-state index >= 15 is 0 Å². The fraction of sp³-hybridized carbons (Fsp3) is 0.105. The third-order valence-corrected chi connectivity index (χ3v) is 10.8. The number of hydrogen-bond donors (Lipinski definition) is 0. The molecule has 0 spiro atoms. The van der Waals surface area contributed by atoms with Gasteiger partial charge in [0.25, 0.3) is 0 Å². The van der Waals surface area contributed by atoms with Crippen LogP contribution in [0.1, 0.15) is 16.6 Å². The van der Waals surface area contributed by atoms with E-state index in [0.717, 1.165) is 4.88 Å². The molecule has 1 nitrogen and oxygen atoms in total. The highest BCUT2D eigenvalue weighted by atomic mass is 32.1. The van der Waals surface area contributed by atoms with Gasteiger partial charge in [-0.1, -0.05) is 73.3 Å². The summed E-state index contributed by atoms with van der Waals surface area (Å²) < 4.78 is 1.33. The normalized spacial score (nSPS) is 11.4. The quantitative estimate of drug-likeness (QED) is 0.533. The second kappa shape index (κ2) is 6.03. The second-order valence-electron chi connectivity index (χ2n) is 5.58. The standard InChI is InChI=1S/C19H18OSSi/c1-15(20)18-13-14-19(21-18)22(2,16-9-5-3-6-10-16)17-11-7-4-8-12-17/h3-14H,1-2H3. The number of rotatable bonds is 4. The highest BCUT2D eigenvalue weighted by Gasteiger charge is 2.35. The molecule has 0 amide bonds. The molecule has 0 saturated carbocycles. The lowest BCUT2D eigenvalue weighted by Crippen LogP contribution is -2.63. The maximum absolute atomic E-state index is 11.7. The van der Waals surface area contributed by atoms with Crippen LogP contribution in [0.2, 0.25) is 6.55 Å². The maximum atomic E-state index is 11.7. The van der Waals surface area contributed by atoms with E-state index in [1.54, 1.807) is 18.3 Å². The number of thiophene rings is 1. The maximum Gasteiger partial charge on any atom is 0.169 e. The fourth-order valence-corrected chi connectivity index (χ4v) is 8.33. The summed E-state index contributed by atoms with van der Waals surface area (Å²) in [5.41, 5.74) is 0. The highest BCUT2D eigenvalue weighted by molar-refractivity contribution is 7.33. The summed E-state index contributed by atoms with van der Waals surface area (Å²) in [4.78, 5) is 12.5. The molecule has 0 atom stereocenters. The van der Waals surface area contributed by atoms with Gasteiger partial charge in [-0.25, -0.2) is 0 Å². The lowest BCUT2D eigenvalue weighted by atomic mass is 10.4. The number of carbonyl (C=O) groups excluding carboxylic acids is 1. The predicted octanol–water partition coefficient (Wildman–Crippen LogP) is 3.05. The molecule has 0 aliphatic heterocycles. The fourth-order valence-electron chi connectivity index (χ4n) is 2.79. The van der Waals surface area contributed by atoms with Crippen molar-refractivity contribution >= 4 is 40.1 Å². The molecular weight excluding hydrogens is 304 g/mol. The third-order valence-electron chi connectivity index (χ3n) is 4.15. The zero-order valence-corrected chi connectivity index (χ0v) is 14.6. The molecule has 1 aromatic heterocycles. The lowest BCUT2D eigenvalue weighted by Gasteiger charge is -2.27. The van der Waals surface area contributed by atoms with Crippen molar-refractivity contribution < 1.29 is 4.79 Å². The summed E-state index contributed by atoms with van der Waals surface area (Å²) in [7, 11) is -2.04. The molecule has 110 valence electrons. The van der Waals surface area contributed by atoms with Crippen molar-refractivity contribution in [3.8, 4) is 0 Å². The number of ketones is 1. The second-order valence-corrected chi connectivity index (χ2v) is 11.0. The van der Waals surface area contributed by atoms with Gasteiger partial charge in [0.15, 0.2) is 13.9 Å². The van der Waals surface area contributed by atoms with Crippen LogP contribution in [0.4, 0.5) is 0 Å². The number of benzene rings is 2. The molecule has 22 heavy (non-hydrogen) atoms. The van der Waals surface area contributed by atoms with Crippen molar-refractivity contribution in [2.75, 3.05) is 0 Å². The summed E-state index contributed by atoms with van der Waals surface area (Å²) in [5, 5.41) is 2.75. The largest absolute Gasteiger partial charge is 0.294 e. The Morgan fingerprint density at radius 2 is 1.32 bits per heavy atom. The average Bonchev–Trinajstić information content (AvgIpc) is 3.06. The lowest BCUT2D eigenvalue weighted by molar-refractivity contribution is 0.102. The molecule has 0 aliphatic carbocycles. The molecule has 0 radical (unpaired) electrons. The highest BCUT2D eigenvalue weighted by Crippen LogP contribution is 2.15. The molecule has 0 fully saturated rings. The minimum Gasteiger partial charge on any atom is -0.294 e. The minimum atomic E-state index is -2.04. The van der Waals surface area contributed by atoms with E-state index in [2.05, 4.69) is 73.3 Å². The van der Waals surface area contributed by atoms with Crippen LogP contribution >= 0.6 is 11.3 Å². The molecule has 1 heterocycles. The van der Waals surface area contributed by atoms with E-state index in [9.17, 15) is 4.79 Å². The first kappa shape index (κ1) is 14.9. The van der Waals surface area contributed by atoms with Crippen LogP contribution in [0.5, 0.6) is 0 Å². The Morgan fingerprint density at radius 1 is 0.818 bits per heavy atom. The van der Waals surface area contributed by atoms with Crippen molar-refractivity contribution in [3.63, 3.8) is 0 Å². The summed E-state index contributed by atoms with van der Waals surface area (Å²) in [5.74, 6) is 0.147. The predicted molar refractivity (Wildman–Crippen MR) is 97.7 cm³/mol. The first-order valence-electron chi connectivity index (χ1n) is 7.34. The van der Waals surface area contributed by atoms with E-state index in [1.807, 2.05) is 6.07 Å². The van der Waals surface area contributed by atoms with Gasteiger partial charge in [0.1, 0.15) is 0 Å². The molecule has 3 heteroatoms. The molecule has 0 aliphatic rings. The Morgan fingerprint density at radius 3 is 1.73 bits per heavy atom. The molecule has 3 aromatic rings. The van der Waals surface area contributed by atoms with Crippen LogP contribution in [0.15, 0.2) is 72.8 Å². The molecule has 0 bridgehead atoms. The zero-order chi connectivity index (χ0) is 15.6. The van der Waals surface area contributed by atoms with Crippen LogP contribution in [-0.2, 0) is 0 Å². The molecule has 0 unspecified atom stereocenters. The Labute approximate surface area is 136 Å². The Hall–Kier alpha value is -1.97. The van der Waals surface area contributed by atoms with Crippen molar-refractivity contribution in [3.05, 3.63) is 77.7 Å². The number of Topliss-reactive ketones (excluding diaryl/α,β-unsaturated/α-hetero) is 1. The topological polar surface area (TPSA) is 17.1 Å². The number of hydrogen-bond acceptors (Lipinski definition) is 2. The van der Waals surface area contributed by atoms with Crippen LogP contribution < -0.4 is 14.9 Å². The first-order chi connectivity index (χ1) is 10.6. The first-order valence-corrected chi connectivity index (χ1v) is 10.7. The SMILES string of the molecule is CC(=O)c1ccc([Si](C)(c2ccccc2)c2ccccc2)s1. The van der Waals surface area contributed by atoms with Gasteiger partial charge in [-0.3, -0.25) is 4.79 Å². The van der Waals surface area contributed by atoms with Gasteiger partial charge >= 0.3 is 0 Å². The summed E-state index contributed by atoms with van der Waals surface area (Å²) in [6.07, 6.45) is 0. The zero-order valence-electron chi connectivity index (χ0n) is 12.7. The average molecular weight is 323 g/mol. The van der Waals surface area contributed by atoms with Gasteiger partial charge in [-0.05, 0) is 23.4 Å². The molecule has 2 aromatic carbocycles. The van der Waals surface area contributed by atoms with E-state index in [-0.39, 0.29) is 5.78 Å². The van der Waals surface area contributed by atoms with Crippen LogP contribution in [-0.4, -0.2) is 13.9 Å². The molecular formula is C19H18OSSi. The van der Waals surface area contributed by atoms with Gasteiger partial charge in [0, 0.05) is 4.50 Å². The van der Waals surface area contributed by atoms with Crippen LogP contribution in [0.3, 0.4) is 0 Å². The van der Waals surface area contributed by atoms with E-state index in [0.29, 0.717) is 0 Å². The summed E-state index contributed by atoms with van der Waals surface area (Å²) in [6, 6.07) is 25.5. The van der Waals surface area contributed by atoms with Gasteiger partial charge in [-0.15, -0.1) is 11.3 Å². The van der Waals surface area contributed by atoms with E-state index in [1.165, 1.54) is 14.9 Å². The van der Waals surface area contributed by atoms with Gasteiger partial charge in [0.05, 0.1) is 4.88 Å². The van der Waals surface area contributed by atoms with Crippen molar-refractivity contribution in [1.29, 1.82) is 0 Å².